The SMILES string of the molecule is CCC1CCCCN1C(=O)CSc1ccc(N)cn1. The maximum Gasteiger partial charge on any atom is 0.233 e. The van der Waals surface area contributed by atoms with E-state index in [0.29, 0.717) is 17.5 Å². The van der Waals surface area contributed by atoms with Crippen LogP contribution in [0.3, 0.4) is 0 Å². The summed E-state index contributed by atoms with van der Waals surface area (Å²) in [6.07, 6.45) is 6.20. The maximum absolute atomic E-state index is 12.3. The molecule has 1 fully saturated rings. The Kier molecular flexibility index (Phi) is 5.07. The summed E-state index contributed by atoms with van der Waals surface area (Å²) in [5, 5.41) is 0.854. The number of anilines is 1. The normalized spacial score (nSPS) is 19.4. The Hall–Kier alpha value is -1.23. The van der Waals surface area contributed by atoms with E-state index >= 15 is 0 Å². The van der Waals surface area contributed by atoms with Gasteiger partial charge in [-0.15, -0.1) is 0 Å². The van der Waals surface area contributed by atoms with Crippen molar-refractivity contribution >= 4 is 23.4 Å². The van der Waals surface area contributed by atoms with Gasteiger partial charge in [-0.05, 0) is 37.8 Å². The molecular formula is C14H21N3OS. The number of piperidine rings is 1. The second-order valence-electron chi connectivity index (χ2n) is 4.86. The predicted molar refractivity (Wildman–Crippen MR) is 79.0 cm³/mol. The molecule has 1 atom stereocenters. The molecule has 5 heteroatoms. The van der Waals surface area contributed by atoms with Gasteiger partial charge in [-0.2, -0.15) is 0 Å². The van der Waals surface area contributed by atoms with E-state index in [0.717, 1.165) is 30.8 Å². The molecule has 1 aromatic rings. The quantitative estimate of drug-likeness (QED) is 0.861. The first-order valence-electron chi connectivity index (χ1n) is 6.84. The van der Waals surface area contributed by atoms with Crippen LogP contribution in [0.4, 0.5) is 5.69 Å². The second kappa shape index (κ2) is 6.80. The Bertz CT molecular complexity index is 421. The highest BCUT2D eigenvalue weighted by atomic mass is 32.2. The number of nitrogen functional groups attached to an aromatic ring is 1. The summed E-state index contributed by atoms with van der Waals surface area (Å²) in [4.78, 5) is 18.5. The van der Waals surface area contributed by atoms with Gasteiger partial charge in [0, 0.05) is 12.6 Å². The lowest BCUT2D eigenvalue weighted by molar-refractivity contribution is -0.132. The molecule has 0 radical (unpaired) electrons. The minimum atomic E-state index is 0.232. The summed E-state index contributed by atoms with van der Waals surface area (Å²) in [7, 11) is 0. The molecule has 0 aliphatic carbocycles. The molecule has 0 aromatic carbocycles. The molecule has 0 bridgehead atoms. The van der Waals surface area contributed by atoms with Crippen LogP contribution >= 0.6 is 11.8 Å². The van der Waals surface area contributed by atoms with Crippen LogP contribution in [0.2, 0.25) is 0 Å². The third-order valence-corrected chi connectivity index (χ3v) is 4.45. The van der Waals surface area contributed by atoms with E-state index in [1.165, 1.54) is 18.2 Å². The molecule has 2 heterocycles. The predicted octanol–water partition coefficient (Wildman–Crippen LogP) is 2.55. The molecule has 1 aromatic heterocycles. The smallest absolute Gasteiger partial charge is 0.233 e. The fraction of sp³-hybridized carbons (Fsp3) is 0.571. The standard InChI is InChI=1S/C14H21N3OS/c1-2-12-5-3-4-8-17(12)14(18)10-19-13-7-6-11(15)9-16-13/h6-7,9,12H,2-5,8,10,15H2,1H3. The van der Waals surface area contributed by atoms with E-state index in [2.05, 4.69) is 11.9 Å². The lowest BCUT2D eigenvalue weighted by atomic mass is 10.0. The van der Waals surface area contributed by atoms with Crippen molar-refractivity contribution in [1.29, 1.82) is 0 Å². The average molecular weight is 279 g/mol. The van der Waals surface area contributed by atoms with Crippen molar-refractivity contribution < 1.29 is 4.79 Å². The van der Waals surface area contributed by atoms with E-state index in [1.807, 2.05) is 17.0 Å². The van der Waals surface area contributed by atoms with Gasteiger partial charge in [0.25, 0.3) is 0 Å². The highest BCUT2D eigenvalue weighted by Gasteiger charge is 2.24. The van der Waals surface area contributed by atoms with Crippen molar-refractivity contribution in [3.63, 3.8) is 0 Å². The number of nitrogens with two attached hydrogens (primary N) is 1. The molecule has 19 heavy (non-hydrogen) atoms. The van der Waals surface area contributed by atoms with Gasteiger partial charge in [-0.25, -0.2) is 4.98 Å². The summed E-state index contributed by atoms with van der Waals surface area (Å²) < 4.78 is 0. The molecule has 1 amide bonds. The van der Waals surface area contributed by atoms with Gasteiger partial charge in [0.2, 0.25) is 5.91 Å². The average Bonchev–Trinajstić information content (AvgIpc) is 2.46. The molecule has 1 unspecified atom stereocenters. The van der Waals surface area contributed by atoms with E-state index in [4.69, 9.17) is 5.73 Å². The summed E-state index contributed by atoms with van der Waals surface area (Å²) in [5.74, 6) is 0.697. The van der Waals surface area contributed by atoms with E-state index in [1.54, 1.807) is 6.20 Å². The number of aromatic nitrogens is 1. The second-order valence-corrected chi connectivity index (χ2v) is 5.86. The number of rotatable bonds is 4. The van der Waals surface area contributed by atoms with Crippen LogP contribution in [0.15, 0.2) is 23.4 Å². The van der Waals surface area contributed by atoms with Gasteiger partial charge in [-0.1, -0.05) is 18.7 Å². The first-order chi connectivity index (χ1) is 9.20. The Morgan fingerprint density at radius 3 is 3.05 bits per heavy atom. The van der Waals surface area contributed by atoms with Crippen molar-refractivity contribution in [2.75, 3.05) is 18.0 Å². The first-order valence-corrected chi connectivity index (χ1v) is 7.83. The van der Waals surface area contributed by atoms with E-state index in [-0.39, 0.29) is 5.91 Å². The first kappa shape index (κ1) is 14.2. The van der Waals surface area contributed by atoms with Crippen LogP contribution in [0.5, 0.6) is 0 Å². The number of hydrogen-bond acceptors (Lipinski definition) is 4. The zero-order valence-corrected chi connectivity index (χ0v) is 12.2. The highest BCUT2D eigenvalue weighted by Crippen LogP contribution is 2.22. The van der Waals surface area contributed by atoms with Crippen LogP contribution in [-0.2, 0) is 4.79 Å². The molecule has 0 spiro atoms. The van der Waals surface area contributed by atoms with Crippen molar-refractivity contribution in [3.8, 4) is 0 Å². The van der Waals surface area contributed by atoms with Crippen LogP contribution in [-0.4, -0.2) is 34.1 Å². The summed E-state index contributed by atoms with van der Waals surface area (Å²) in [6.45, 7) is 3.07. The van der Waals surface area contributed by atoms with Crippen molar-refractivity contribution in [2.24, 2.45) is 0 Å². The molecule has 2 rings (SSSR count). The van der Waals surface area contributed by atoms with Crippen molar-refractivity contribution in [3.05, 3.63) is 18.3 Å². The van der Waals surface area contributed by atoms with Gasteiger partial charge in [-0.3, -0.25) is 4.79 Å². The zero-order chi connectivity index (χ0) is 13.7. The number of thioether (sulfide) groups is 1. The Morgan fingerprint density at radius 1 is 1.53 bits per heavy atom. The zero-order valence-electron chi connectivity index (χ0n) is 11.3. The molecule has 0 saturated carbocycles. The van der Waals surface area contributed by atoms with Crippen LogP contribution in [0.1, 0.15) is 32.6 Å². The Labute approximate surface area is 118 Å². The number of carbonyl (C=O) groups excluding carboxylic acids is 1. The summed E-state index contributed by atoms with van der Waals surface area (Å²) in [5.41, 5.74) is 6.24. The van der Waals surface area contributed by atoms with E-state index < -0.39 is 0 Å². The number of likely N-dealkylation sites (tertiary alicyclic amines) is 1. The molecule has 104 valence electrons. The number of amides is 1. The molecule has 4 nitrogen and oxygen atoms in total. The third-order valence-electron chi connectivity index (χ3n) is 3.52. The van der Waals surface area contributed by atoms with Gasteiger partial charge < -0.3 is 10.6 Å². The number of carbonyl (C=O) groups is 1. The van der Waals surface area contributed by atoms with Crippen molar-refractivity contribution in [1.82, 2.24) is 9.88 Å². The van der Waals surface area contributed by atoms with Crippen molar-refractivity contribution in [2.45, 2.75) is 43.7 Å². The molecule has 1 saturated heterocycles. The summed E-state index contributed by atoms with van der Waals surface area (Å²) in [6, 6.07) is 4.11. The van der Waals surface area contributed by atoms with Gasteiger partial charge >= 0.3 is 0 Å². The molecule has 1 aliphatic rings. The largest absolute Gasteiger partial charge is 0.397 e. The fourth-order valence-corrected chi connectivity index (χ4v) is 3.18. The van der Waals surface area contributed by atoms with Gasteiger partial charge in [0.1, 0.15) is 0 Å². The number of nitrogens with zero attached hydrogens (tertiary/aromatic N) is 2. The summed E-state index contributed by atoms with van der Waals surface area (Å²) >= 11 is 1.49. The molecular weight excluding hydrogens is 258 g/mol. The Morgan fingerprint density at radius 2 is 2.37 bits per heavy atom. The van der Waals surface area contributed by atoms with Gasteiger partial charge in [0.05, 0.1) is 22.7 Å². The van der Waals surface area contributed by atoms with Gasteiger partial charge in [0.15, 0.2) is 0 Å². The highest BCUT2D eigenvalue weighted by molar-refractivity contribution is 7.99. The molecule has 1 aliphatic heterocycles. The Balaban J connectivity index is 1.87. The number of hydrogen-bond donors (Lipinski definition) is 1. The van der Waals surface area contributed by atoms with Crippen LogP contribution in [0, 0.1) is 0 Å². The minimum Gasteiger partial charge on any atom is -0.397 e. The lowest BCUT2D eigenvalue weighted by Gasteiger charge is -2.35. The lowest BCUT2D eigenvalue weighted by Crippen LogP contribution is -2.44. The van der Waals surface area contributed by atoms with Crippen LogP contribution in [0.25, 0.3) is 0 Å². The topological polar surface area (TPSA) is 59.2 Å². The van der Waals surface area contributed by atoms with Crippen LogP contribution < -0.4 is 5.73 Å². The maximum atomic E-state index is 12.3. The fourth-order valence-electron chi connectivity index (χ4n) is 2.45. The monoisotopic (exact) mass is 279 g/mol. The third kappa shape index (κ3) is 3.86. The molecule has 2 N–H and O–H groups in total. The minimum absolute atomic E-state index is 0.232. The number of pyridine rings is 1. The van der Waals surface area contributed by atoms with E-state index in [9.17, 15) is 4.79 Å².